The minimum atomic E-state index is -0.106. The number of carbonyl (C=O) groups excluding carboxylic acids is 2. The Bertz CT molecular complexity index is 1570. The molecular weight excluding hydrogens is 462 g/mol. The van der Waals surface area contributed by atoms with Crippen LogP contribution in [0.3, 0.4) is 0 Å². The second kappa shape index (κ2) is 9.78. The summed E-state index contributed by atoms with van der Waals surface area (Å²) in [6.45, 7) is 1.56. The summed E-state index contributed by atoms with van der Waals surface area (Å²) in [6.07, 6.45) is 3.17. The molecule has 6 rings (SSSR count). The zero-order valence-corrected chi connectivity index (χ0v) is 20.4. The van der Waals surface area contributed by atoms with Crippen LogP contribution in [-0.2, 0) is 24.3 Å². The summed E-state index contributed by atoms with van der Waals surface area (Å²) in [5.74, 6) is 0.770. The molecule has 37 heavy (non-hydrogen) atoms. The Morgan fingerprint density at radius 3 is 2.59 bits per heavy atom. The Morgan fingerprint density at radius 1 is 0.973 bits per heavy atom. The van der Waals surface area contributed by atoms with E-state index in [1.807, 2.05) is 89.7 Å². The predicted octanol–water partition coefficient (Wildman–Crippen LogP) is 4.94. The molecule has 0 spiro atoms. The van der Waals surface area contributed by atoms with Gasteiger partial charge in [0, 0.05) is 47.3 Å². The number of H-pyrrole nitrogens is 1. The van der Waals surface area contributed by atoms with E-state index in [2.05, 4.69) is 16.4 Å². The number of amides is 2. The SMILES string of the molecule is O=C(NCCc1c[nH]c2ccccc12)c1ccc(CN2C(=O)CCn3nc(-c4ccccc4)cc32)cc1. The monoisotopic (exact) mass is 489 g/mol. The summed E-state index contributed by atoms with van der Waals surface area (Å²) in [5.41, 5.74) is 5.73. The number of fused-ring (bicyclic) bond motifs is 2. The zero-order valence-electron chi connectivity index (χ0n) is 20.4. The highest BCUT2D eigenvalue weighted by molar-refractivity contribution is 5.95. The van der Waals surface area contributed by atoms with E-state index in [1.165, 1.54) is 10.9 Å². The third-order valence-electron chi connectivity index (χ3n) is 6.85. The molecule has 2 aromatic heterocycles. The standard InChI is InChI=1S/C30H27N5O2/c36-29-15-17-35-28(18-27(33-35)22-6-2-1-3-7-22)34(29)20-21-10-12-23(13-11-21)30(37)31-16-14-24-19-32-26-9-5-4-8-25(24)26/h1-13,18-19,32H,14-17,20H2,(H,31,37). The van der Waals surface area contributed by atoms with Crippen LogP contribution in [0.1, 0.15) is 27.9 Å². The second-order valence-corrected chi connectivity index (χ2v) is 9.27. The molecule has 1 aliphatic rings. The average molecular weight is 490 g/mol. The summed E-state index contributed by atoms with van der Waals surface area (Å²) in [7, 11) is 0. The minimum Gasteiger partial charge on any atom is -0.361 e. The lowest BCUT2D eigenvalue weighted by Crippen LogP contribution is -2.36. The Balaban J connectivity index is 1.10. The van der Waals surface area contributed by atoms with Crippen LogP contribution >= 0.6 is 0 Å². The van der Waals surface area contributed by atoms with E-state index in [9.17, 15) is 9.59 Å². The highest BCUT2D eigenvalue weighted by Gasteiger charge is 2.26. The molecule has 184 valence electrons. The second-order valence-electron chi connectivity index (χ2n) is 9.27. The number of para-hydroxylation sites is 1. The number of nitrogens with one attached hydrogen (secondary N) is 2. The van der Waals surface area contributed by atoms with E-state index in [0.29, 0.717) is 31.6 Å². The molecule has 1 aliphatic heterocycles. The van der Waals surface area contributed by atoms with Gasteiger partial charge in [-0.15, -0.1) is 0 Å². The normalized spacial score (nSPS) is 13.1. The van der Waals surface area contributed by atoms with Crippen molar-refractivity contribution in [3.05, 3.63) is 108 Å². The molecule has 3 aromatic carbocycles. The Hall–Kier alpha value is -4.65. The number of nitrogens with zero attached hydrogens (tertiary/aromatic N) is 3. The van der Waals surface area contributed by atoms with Gasteiger partial charge in [-0.05, 0) is 35.7 Å². The predicted molar refractivity (Wildman–Crippen MR) is 144 cm³/mol. The third kappa shape index (κ3) is 4.63. The van der Waals surface area contributed by atoms with Crippen molar-refractivity contribution >= 4 is 28.5 Å². The maximum atomic E-state index is 12.8. The minimum absolute atomic E-state index is 0.0751. The van der Waals surface area contributed by atoms with Gasteiger partial charge >= 0.3 is 0 Å². The van der Waals surface area contributed by atoms with Crippen molar-refractivity contribution in [1.29, 1.82) is 0 Å². The summed E-state index contributed by atoms with van der Waals surface area (Å²) in [5, 5.41) is 8.91. The molecule has 0 aliphatic carbocycles. The topological polar surface area (TPSA) is 83.0 Å². The molecular formula is C30H27N5O2. The summed E-state index contributed by atoms with van der Waals surface area (Å²) in [6, 6.07) is 27.6. The van der Waals surface area contributed by atoms with Crippen LogP contribution < -0.4 is 10.2 Å². The van der Waals surface area contributed by atoms with Crippen molar-refractivity contribution in [2.24, 2.45) is 0 Å². The number of carbonyl (C=O) groups is 2. The summed E-state index contributed by atoms with van der Waals surface area (Å²) >= 11 is 0. The lowest BCUT2D eigenvalue weighted by atomic mass is 10.1. The van der Waals surface area contributed by atoms with Gasteiger partial charge in [0.2, 0.25) is 5.91 Å². The van der Waals surface area contributed by atoms with E-state index >= 15 is 0 Å². The lowest BCUT2D eigenvalue weighted by molar-refractivity contribution is -0.119. The Kier molecular flexibility index (Phi) is 6.02. The number of hydrogen-bond donors (Lipinski definition) is 2. The van der Waals surface area contributed by atoms with Crippen LogP contribution in [0.4, 0.5) is 5.82 Å². The van der Waals surface area contributed by atoms with Crippen LogP contribution in [0.15, 0.2) is 91.1 Å². The van der Waals surface area contributed by atoms with Gasteiger partial charge in [-0.2, -0.15) is 5.10 Å². The van der Waals surface area contributed by atoms with Crippen LogP contribution in [0.5, 0.6) is 0 Å². The smallest absolute Gasteiger partial charge is 0.251 e. The summed E-state index contributed by atoms with van der Waals surface area (Å²) in [4.78, 5) is 30.5. The lowest BCUT2D eigenvalue weighted by Gasteiger charge is -2.27. The molecule has 7 nitrogen and oxygen atoms in total. The van der Waals surface area contributed by atoms with Gasteiger partial charge in [0.05, 0.1) is 18.8 Å². The van der Waals surface area contributed by atoms with Crippen molar-refractivity contribution in [1.82, 2.24) is 20.1 Å². The molecule has 0 saturated heterocycles. The van der Waals surface area contributed by atoms with Crippen molar-refractivity contribution in [2.45, 2.75) is 25.9 Å². The van der Waals surface area contributed by atoms with Crippen LogP contribution in [-0.4, -0.2) is 33.1 Å². The fourth-order valence-electron chi connectivity index (χ4n) is 4.87. The Labute approximate surface area is 214 Å². The van der Waals surface area contributed by atoms with E-state index in [0.717, 1.165) is 34.6 Å². The van der Waals surface area contributed by atoms with E-state index in [-0.39, 0.29) is 11.8 Å². The molecule has 0 unspecified atom stereocenters. The quantitative estimate of drug-likeness (QED) is 0.340. The van der Waals surface area contributed by atoms with Crippen molar-refractivity contribution in [2.75, 3.05) is 11.4 Å². The molecule has 0 fully saturated rings. The van der Waals surface area contributed by atoms with Crippen LogP contribution in [0, 0.1) is 0 Å². The van der Waals surface area contributed by atoms with Gasteiger partial charge < -0.3 is 10.3 Å². The first-order valence-electron chi connectivity index (χ1n) is 12.5. The first kappa shape index (κ1) is 22.8. The maximum absolute atomic E-state index is 12.8. The molecule has 0 atom stereocenters. The number of benzene rings is 3. The van der Waals surface area contributed by atoms with Gasteiger partial charge in [-0.1, -0.05) is 60.7 Å². The van der Waals surface area contributed by atoms with Crippen LogP contribution in [0.2, 0.25) is 0 Å². The van der Waals surface area contributed by atoms with Crippen molar-refractivity contribution < 1.29 is 9.59 Å². The van der Waals surface area contributed by atoms with Crippen molar-refractivity contribution in [3.8, 4) is 11.3 Å². The highest BCUT2D eigenvalue weighted by atomic mass is 16.2. The van der Waals surface area contributed by atoms with E-state index in [1.54, 1.807) is 4.90 Å². The van der Waals surface area contributed by atoms with Gasteiger partial charge in [-0.25, -0.2) is 4.68 Å². The number of aromatic amines is 1. The van der Waals surface area contributed by atoms with Crippen LogP contribution in [0.25, 0.3) is 22.2 Å². The fourth-order valence-corrected chi connectivity index (χ4v) is 4.87. The van der Waals surface area contributed by atoms with Gasteiger partial charge in [-0.3, -0.25) is 14.5 Å². The molecule has 0 radical (unpaired) electrons. The summed E-state index contributed by atoms with van der Waals surface area (Å²) < 4.78 is 1.90. The number of aryl methyl sites for hydroxylation is 1. The molecule has 3 heterocycles. The average Bonchev–Trinajstić information content (AvgIpc) is 3.56. The van der Waals surface area contributed by atoms with Crippen molar-refractivity contribution in [3.63, 3.8) is 0 Å². The largest absolute Gasteiger partial charge is 0.361 e. The molecule has 5 aromatic rings. The fraction of sp³-hybridized carbons (Fsp3) is 0.167. The molecule has 2 N–H and O–H groups in total. The van der Waals surface area contributed by atoms with Gasteiger partial charge in [0.25, 0.3) is 5.91 Å². The molecule has 0 bridgehead atoms. The van der Waals surface area contributed by atoms with E-state index in [4.69, 9.17) is 5.10 Å². The van der Waals surface area contributed by atoms with E-state index < -0.39 is 0 Å². The number of hydrogen-bond acceptors (Lipinski definition) is 3. The van der Waals surface area contributed by atoms with Gasteiger partial charge in [0.1, 0.15) is 5.82 Å². The number of aromatic nitrogens is 3. The highest BCUT2D eigenvalue weighted by Crippen LogP contribution is 2.29. The maximum Gasteiger partial charge on any atom is 0.251 e. The third-order valence-corrected chi connectivity index (χ3v) is 6.85. The molecule has 2 amide bonds. The zero-order chi connectivity index (χ0) is 25.2. The number of rotatable bonds is 7. The van der Waals surface area contributed by atoms with Gasteiger partial charge in [0.15, 0.2) is 0 Å². The number of anilines is 1. The Morgan fingerprint density at radius 2 is 1.76 bits per heavy atom. The first-order chi connectivity index (χ1) is 18.2. The first-order valence-corrected chi connectivity index (χ1v) is 12.5. The molecule has 0 saturated carbocycles. The molecule has 7 heteroatoms.